The summed E-state index contributed by atoms with van der Waals surface area (Å²) in [6, 6.07) is 13.4. The molecule has 0 aliphatic rings. The molecule has 132 valence electrons. The molecule has 0 spiro atoms. The molecule has 0 fully saturated rings. The normalized spacial score (nSPS) is 10.2. The number of anilines is 2. The fraction of sp³-hybridized carbons (Fsp3) is 0.111. The SMILES string of the molecule is CNC(=O)Nc1cccc(NC(=O)c2ccc(-c3nc(C)no3)cc2)c1. The number of urea groups is 1. The summed E-state index contributed by atoms with van der Waals surface area (Å²) in [5, 5.41) is 11.6. The zero-order valence-corrected chi connectivity index (χ0v) is 14.2. The van der Waals surface area contributed by atoms with E-state index in [0.29, 0.717) is 28.7 Å². The molecule has 0 saturated heterocycles. The summed E-state index contributed by atoms with van der Waals surface area (Å²) < 4.78 is 5.10. The minimum absolute atomic E-state index is 0.268. The molecule has 0 aliphatic heterocycles. The van der Waals surface area contributed by atoms with Gasteiger partial charge >= 0.3 is 6.03 Å². The van der Waals surface area contributed by atoms with Gasteiger partial charge in [-0.1, -0.05) is 11.2 Å². The van der Waals surface area contributed by atoms with Crippen molar-refractivity contribution < 1.29 is 14.1 Å². The van der Waals surface area contributed by atoms with Gasteiger partial charge < -0.3 is 20.5 Å². The van der Waals surface area contributed by atoms with Gasteiger partial charge in [-0.3, -0.25) is 4.79 Å². The highest BCUT2D eigenvalue weighted by atomic mass is 16.5. The minimum Gasteiger partial charge on any atom is -0.341 e. The van der Waals surface area contributed by atoms with Crippen molar-refractivity contribution in [2.45, 2.75) is 6.92 Å². The molecule has 0 radical (unpaired) electrons. The molecule has 1 heterocycles. The van der Waals surface area contributed by atoms with E-state index in [4.69, 9.17) is 4.52 Å². The minimum atomic E-state index is -0.333. The Hall–Kier alpha value is -3.68. The standard InChI is InChI=1S/C18H17N5O3/c1-11-20-17(26-23-11)13-8-6-12(7-9-13)16(24)21-14-4-3-5-15(10-14)22-18(25)19-2/h3-10H,1-2H3,(H,21,24)(H2,19,22,25). The first-order valence-corrected chi connectivity index (χ1v) is 7.86. The number of carbonyl (C=O) groups excluding carboxylic acids is 2. The van der Waals surface area contributed by atoms with E-state index in [2.05, 4.69) is 26.1 Å². The number of aryl methyl sites for hydroxylation is 1. The third-order valence-electron chi connectivity index (χ3n) is 3.53. The second kappa shape index (κ2) is 7.47. The molecule has 0 saturated carbocycles. The molecular weight excluding hydrogens is 334 g/mol. The molecule has 3 aromatic rings. The summed E-state index contributed by atoms with van der Waals surface area (Å²) in [5.74, 6) is 0.685. The first-order valence-electron chi connectivity index (χ1n) is 7.86. The van der Waals surface area contributed by atoms with E-state index in [1.54, 1.807) is 55.5 Å². The molecule has 8 heteroatoms. The Bertz CT molecular complexity index is 934. The largest absolute Gasteiger partial charge is 0.341 e. The molecule has 1 aromatic heterocycles. The number of hydrogen-bond donors (Lipinski definition) is 3. The first-order chi connectivity index (χ1) is 12.5. The van der Waals surface area contributed by atoms with Gasteiger partial charge in [0.25, 0.3) is 11.8 Å². The van der Waals surface area contributed by atoms with Crippen molar-refractivity contribution in [3.63, 3.8) is 0 Å². The highest BCUT2D eigenvalue weighted by Crippen LogP contribution is 2.19. The molecule has 0 atom stereocenters. The van der Waals surface area contributed by atoms with Crippen molar-refractivity contribution in [2.24, 2.45) is 0 Å². The van der Waals surface area contributed by atoms with Gasteiger partial charge in [-0.2, -0.15) is 4.98 Å². The molecule has 8 nitrogen and oxygen atoms in total. The molecule has 0 aliphatic carbocycles. The molecule has 3 N–H and O–H groups in total. The van der Waals surface area contributed by atoms with Crippen molar-refractivity contribution in [3.05, 3.63) is 59.9 Å². The van der Waals surface area contributed by atoms with E-state index in [-0.39, 0.29) is 11.9 Å². The maximum absolute atomic E-state index is 12.4. The van der Waals surface area contributed by atoms with Gasteiger partial charge in [-0.25, -0.2) is 4.79 Å². The van der Waals surface area contributed by atoms with Gasteiger partial charge in [0.1, 0.15) is 0 Å². The summed E-state index contributed by atoms with van der Waals surface area (Å²) in [6.45, 7) is 1.74. The average Bonchev–Trinajstić information content (AvgIpc) is 3.08. The van der Waals surface area contributed by atoms with Crippen LogP contribution in [0.4, 0.5) is 16.2 Å². The maximum Gasteiger partial charge on any atom is 0.318 e. The zero-order chi connectivity index (χ0) is 18.5. The molecular formula is C18H17N5O3. The van der Waals surface area contributed by atoms with E-state index in [9.17, 15) is 9.59 Å². The van der Waals surface area contributed by atoms with Crippen LogP contribution in [0.25, 0.3) is 11.5 Å². The average molecular weight is 351 g/mol. The second-order valence-corrected chi connectivity index (χ2v) is 5.46. The number of rotatable bonds is 4. The van der Waals surface area contributed by atoms with Crippen LogP contribution in [0.1, 0.15) is 16.2 Å². The predicted molar refractivity (Wildman–Crippen MR) is 96.9 cm³/mol. The van der Waals surface area contributed by atoms with E-state index in [1.807, 2.05) is 0 Å². The Morgan fingerprint density at radius 2 is 1.69 bits per heavy atom. The molecule has 3 amide bonds. The third kappa shape index (κ3) is 4.04. The van der Waals surface area contributed by atoms with Crippen molar-refractivity contribution in [3.8, 4) is 11.5 Å². The Kier molecular flexibility index (Phi) is 4.93. The lowest BCUT2D eigenvalue weighted by Crippen LogP contribution is -2.24. The maximum atomic E-state index is 12.4. The Morgan fingerprint density at radius 1 is 1.00 bits per heavy atom. The topological polar surface area (TPSA) is 109 Å². The predicted octanol–water partition coefficient (Wildman–Crippen LogP) is 3.05. The quantitative estimate of drug-likeness (QED) is 0.669. The van der Waals surface area contributed by atoms with Crippen LogP contribution in [0.15, 0.2) is 53.1 Å². The summed E-state index contributed by atoms with van der Waals surface area (Å²) in [5.41, 5.74) is 2.36. The Labute approximate surface area is 149 Å². The number of nitrogens with one attached hydrogen (secondary N) is 3. The van der Waals surface area contributed by atoms with Crippen LogP contribution in [-0.4, -0.2) is 29.1 Å². The highest BCUT2D eigenvalue weighted by Gasteiger charge is 2.10. The smallest absolute Gasteiger partial charge is 0.318 e. The molecule has 0 bridgehead atoms. The van der Waals surface area contributed by atoms with Crippen LogP contribution < -0.4 is 16.0 Å². The van der Waals surface area contributed by atoms with Gasteiger partial charge in [0, 0.05) is 29.5 Å². The van der Waals surface area contributed by atoms with Crippen molar-refractivity contribution in [1.29, 1.82) is 0 Å². The van der Waals surface area contributed by atoms with Crippen molar-refractivity contribution in [2.75, 3.05) is 17.7 Å². The van der Waals surface area contributed by atoms with E-state index in [0.717, 1.165) is 5.56 Å². The van der Waals surface area contributed by atoms with Gasteiger partial charge in [-0.05, 0) is 49.4 Å². The number of aromatic nitrogens is 2. The van der Waals surface area contributed by atoms with E-state index < -0.39 is 0 Å². The van der Waals surface area contributed by atoms with Crippen molar-refractivity contribution >= 4 is 23.3 Å². The molecule has 2 aromatic carbocycles. The van der Waals surface area contributed by atoms with Gasteiger partial charge in [-0.15, -0.1) is 0 Å². The lowest BCUT2D eigenvalue weighted by atomic mass is 10.1. The fourth-order valence-corrected chi connectivity index (χ4v) is 2.25. The second-order valence-electron chi connectivity index (χ2n) is 5.46. The highest BCUT2D eigenvalue weighted by molar-refractivity contribution is 6.04. The van der Waals surface area contributed by atoms with Crippen LogP contribution in [0.5, 0.6) is 0 Å². The number of carbonyl (C=O) groups is 2. The molecule has 0 unspecified atom stereocenters. The monoisotopic (exact) mass is 351 g/mol. The molecule has 3 rings (SSSR count). The fourth-order valence-electron chi connectivity index (χ4n) is 2.25. The molecule has 26 heavy (non-hydrogen) atoms. The summed E-state index contributed by atoms with van der Waals surface area (Å²) >= 11 is 0. The number of nitrogens with zero attached hydrogens (tertiary/aromatic N) is 2. The van der Waals surface area contributed by atoms with Crippen LogP contribution in [0.2, 0.25) is 0 Å². The number of amides is 3. The van der Waals surface area contributed by atoms with Crippen LogP contribution in [-0.2, 0) is 0 Å². The zero-order valence-electron chi connectivity index (χ0n) is 14.2. The Morgan fingerprint density at radius 3 is 2.31 bits per heavy atom. The summed E-state index contributed by atoms with van der Waals surface area (Å²) in [7, 11) is 1.53. The lowest BCUT2D eigenvalue weighted by molar-refractivity contribution is 0.102. The third-order valence-corrected chi connectivity index (χ3v) is 3.53. The first kappa shape index (κ1) is 17.2. The summed E-state index contributed by atoms with van der Waals surface area (Å²) in [6.07, 6.45) is 0. The summed E-state index contributed by atoms with van der Waals surface area (Å²) in [4.78, 5) is 27.9. The van der Waals surface area contributed by atoms with Gasteiger partial charge in [0.05, 0.1) is 0 Å². The van der Waals surface area contributed by atoms with Crippen molar-refractivity contribution in [1.82, 2.24) is 15.5 Å². The van der Waals surface area contributed by atoms with Crippen LogP contribution in [0, 0.1) is 6.92 Å². The number of benzene rings is 2. The van der Waals surface area contributed by atoms with E-state index >= 15 is 0 Å². The number of hydrogen-bond acceptors (Lipinski definition) is 5. The van der Waals surface area contributed by atoms with Crippen LogP contribution >= 0.6 is 0 Å². The Balaban J connectivity index is 1.70. The van der Waals surface area contributed by atoms with Gasteiger partial charge in [0.15, 0.2) is 5.82 Å². The van der Waals surface area contributed by atoms with Gasteiger partial charge in [0.2, 0.25) is 0 Å². The van der Waals surface area contributed by atoms with Crippen LogP contribution in [0.3, 0.4) is 0 Å². The lowest BCUT2D eigenvalue weighted by Gasteiger charge is -2.09. The van der Waals surface area contributed by atoms with E-state index in [1.165, 1.54) is 7.05 Å².